The molecule has 0 aliphatic carbocycles. The Bertz CT molecular complexity index is 374. The maximum Gasteiger partial charge on any atom is 0.121 e. The summed E-state index contributed by atoms with van der Waals surface area (Å²) in [6.07, 6.45) is -0.532. The lowest BCUT2D eigenvalue weighted by Gasteiger charge is -2.22. The second-order valence-corrected chi connectivity index (χ2v) is 5.42. The van der Waals surface area contributed by atoms with Crippen LogP contribution in [0, 0.1) is 0 Å². The predicted molar refractivity (Wildman–Crippen MR) is 77.8 cm³/mol. The fraction of sp³-hybridized carbons (Fsp3) is 0.600. The molecule has 0 radical (unpaired) electrons. The first-order valence-corrected chi connectivity index (χ1v) is 6.69. The minimum atomic E-state index is -0.532. The molecule has 0 saturated heterocycles. The minimum Gasteiger partial charge on any atom is -0.494 e. The van der Waals surface area contributed by atoms with Gasteiger partial charge >= 0.3 is 0 Å². The number of aliphatic hydroxyl groups excluding tert-OH is 1. The van der Waals surface area contributed by atoms with Gasteiger partial charge in [-0.25, -0.2) is 0 Å². The first-order chi connectivity index (χ1) is 8.90. The maximum atomic E-state index is 9.83. The zero-order valence-corrected chi connectivity index (χ0v) is 12.3. The zero-order valence-electron chi connectivity index (χ0n) is 12.3. The molecule has 0 aliphatic heterocycles. The summed E-state index contributed by atoms with van der Waals surface area (Å²) in [5.41, 5.74) is 0.705. The number of hydrogen-bond acceptors (Lipinski definition) is 4. The van der Waals surface area contributed by atoms with Crippen LogP contribution >= 0.6 is 0 Å². The van der Waals surface area contributed by atoms with Gasteiger partial charge in [0.1, 0.15) is 5.75 Å². The molecule has 108 valence electrons. The van der Waals surface area contributed by atoms with Gasteiger partial charge in [-0.05, 0) is 39.8 Å². The first kappa shape index (κ1) is 15.8. The van der Waals surface area contributed by atoms with Crippen molar-refractivity contribution in [2.45, 2.75) is 39.4 Å². The average Bonchev–Trinajstić information content (AvgIpc) is 2.34. The van der Waals surface area contributed by atoms with Crippen molar-refractivity contribution in [2.75, 3.05) is 25.1 Å². The Balaban J connectivity index is 2.37. The molecule has 1 unspecified atom stereocenters. The Morgan fingerprint density at radius 3 is 2.68 bits per heavy atom. The SMILES string of the molecule is CCOc1cccc(NCC(O)COC(C)(C)C)c1. The van der Waals surface area contributed by atoms with E-state index in [-0.39, 0.29) is 5.60 Å². The fourth-order valence-electron chi connectivity index (χ4n) is 1.50. The fourth-order valence-corrected chi connectivity index (χ4v) is 1.50. The van der Waals surface area contributed by atoms with Crippen LogP contribution in [0.3, 0.4) is 0 Å². The Hall–Kier alpha value is -1.26. The molecule has 0 spiro atoms. The molecule has 0 aliphatic rings. The standard InChI is InChI=1S/C15H25NO3/c1-5-18-14-8-6-7-12(9-14)16-10-13(17)11-19-15(2,3)4/h6-9,13,16-17H,5,10-11H2,1-4H3. The van der Waals surface area contributed by atoms with Crippen molar-refractivity contribution in [3.05, 3.63) is 24.3 Å². The zero-order chi connectivity index (χ0) is 14.3. The number of anilines is 1. The number of ether oxygens (including phenoxy) is 2. The number of nitrogens with one attached hydrogen (secondary N) is 1. The van der Waals surface area contributed by atoms with Crippen LogP contribution in [-0.2, 0) is 4.74 Å². The van der Waals surface area contributed by atoms with Crippen LogP contribution in [0.4, 0.5) is 5.69 Å². The summed E-state index contributed by atoms with van der Waals surface area (Å²) in [5.74, 6) is 0.827. The number of hydrogen-bond donors (Lipinski definition) is 2. The van der Waals surface area contributed by atoms with E-state index in [4.69, 9.17) is 9.47 Å². The topological polar surface area (TPSA) is 50.7 Å². The normalized spacial score (nSPS) is 13.1. The van der Waals surface area contributed by atoms with Gasteiger partial charge in [-0.15, -0.1) is 0 Å². The van der Waals surface area contributed by atoms with Crippen molar-refractivity contribution < 1.29 is 14.6 Å². The van der Waals surface area contributed by atoms with E-state index in [1.54, 1.807) is 0 Å². The van der Waals surface area contributed by atoms with Crippen LogP contribution in [0.5, 0.6) is 5.75 Å². The van der Waals surface area contributed by atoms with Gasteiger partial charge in [0.05, 0.1) is 24.9 Å². The molecule has 1 rings (SSSR count). The van der Waals surface area contributed by atoms with Gasteiger partial charge < -0.3 is 19.9 Å². The van der Waals surface area contributed by atoms with Gasteiger partial charge in [-0.2, -0.15) is 0 Å². The van der Waals surface area contributed by atoms with E-state index in [1.165, 1.54) is 0 Å². The summed E-state index contributed by atoms with van der Waals surface area (Å²) >= 11 is 0. The second kappa shape index (κ2) is 7.36. The lowest BCUT2D eigenvalue weighted by molar-refractivity contribution is -0.0449. The molecule has 0 heterocycles. The molecule has 1 atom stereocenters. The summed E-state index contributed by atoms with van der Waals surface area (Å²) in [6, 6.07) is 7.69. The molecule has 2 N–H and O–H groups in total. The molecule has 19 heavy (non-hydrogen) atoms. The van der Waals surface area contributed by atoms with E-state index >= 15 is 0 Å². The van der Waals surface area contributed by atoms with E-state index in [9.17, 15) is 5.11 Å². The third-order valence-corrected chi connectivity index (χ3v) is 2.40. The van der Waals surface area contributed by atoms with Crippen molar-refractivity contribution in [1.82, 2.24) is 0 Å². The number of rotatable bonds is 7. The summed E-state index contributed by atoms with van der Waals surface area (Å²) in [5, 5.41) is 13.0. The van der Waals surface area contributed by atoms with Crippen molar-refractivity contribution >= 4 is 5.69 Å². The minimum absolute atomic E-state index is 0.226. The van der Waals surface area contributed by atoms with Crippen molar-refractivity contribution in [2.24, 2.45) is 0 Å². The highest BCUT2D eigenvalue weighted by atomic mass is 16.5. The Morgan fingerprint density at radius 1 is 1.32 bits per heavy atom. The van der Waals surface area contributed by atoms with Crippen LogP contribution in [0.25, 0.3) is 0 Å². The molecular formula is C15H25NO3. The third-order valence-electron chi connectivity index (χ3n) is 2.40. The van der Waals surface area contributed by atoms with Crippen molar-refractivity contribution in [3.63, 3.8) is 0 Å². The first-order valence-electron chi connectivity index (χ1n) is 6.69. The van der Waals surface area contributed by atoms with Crippen LogP contribution in [0.2, 0.25) is 0 Å². The smallest absolute Gasteiger partial charge is 0.121 e. The molecule has 0 saturated carbocycles. The van der Waals surface area contributed by atoms with Gasteiger partial charge in [0.25, 0.3) is 0 Å². The average molecular weight is 267 g/mol. The summed E-state index contributed by atoms with van der Waals surface area (Å²) < 4.78 is 10.9. The predicted octanol–water partition coefficient (Wildman–Crippen LogP) is 2.67. The molecule has 4 nitrogen and oxygen atoms in total. The monoisotopic (exact) mass is 267 g/mol. The van der Waals surface area contributed by atoms with Gasteiger partial charge in [0, 0.05) is 18.3 Å². The Kier molecular flexibility index (Phi) is 6.12. The lowest BCUT2D eigenvalue weighted by Crippen LogP contribution is -2.30. The molecule has 1 aromatic carbocycles. The summed E-state index contributed by atoms with van der Waals surface area (Å²) in [7, 11) is 0. The van der Waals surface area contributed by atoms with E-state index in [0.29, 0.717) is 19.8 Å². The van der Waals surface area contributed by atoms with Crippen LogP contribution in [0.1, 0.15) is 27.7 Å². The highest BCUT2D eigenvalue weighted by molar-refractivity contribution is 5.48. The molecular weight excluding hydrogens is 242 g/mol. The summed E-state index contributed by atoms with van der Waals surface area (Å²) in [6.45, 7) is 9.28. The van der Waals surface area contributed by atoms with E-state index < -0.39 is 6.10 Å². The van der Waals surface area contributed by atoms with Crippen LogP contribution < -0.4 is 10.1 Å². The molecule has 0 amide bonds. The van der Waals surface area contributed by atoms with Crippen molar-refractivity contribution in [3.8, 4) is 5.75 Å². The number of aliphatic hydroxyl groups is 1. The van der Waals surface area contributed by atoms with Gasteiger partial charge in [-0.1, -0.05) is 6.07 Å². The quantitative estimate of drug-likeness (QED) is 0.797. The molecule has 0 aromatic heterocycles. The van der Waals surface area contributed by atoms with Gasteiger partial charge in [-0.3, -0.25) is 0 Å². The second-order valence-electron chi connectivity index (χ2n) is 5.42. The summed E-state index contributed by atoms with van der Waals surface area (Å²) in [4.78, 5) is 0. The van der Waals surface area contributed by atoms with Gasteiger partial charge in [0.15, 0.2) is 0 Å². The van der Waals surface area contributed by atoms with Gasteiger partial charge in [0.2, 0.25) is 0 Å². The highest BCUT2D eigenvalue weighted by Crippen LogP contribution is 2.17. The van der Waals surface area contributed by atoms with E-state index in [0.717, 1.165) is 11.4 Å². The molecule has 1 aromatic rings. The maximum absolute atomic E-state index is 9.83. The largest absolute Gasteiger partial charge is 0.494 e. The molecule has 0 fully saturated rings. The molecule has 0 bridgehead atoms. The molecule has 4 heteroatoms. The van der Waals surface area contributed by atoms with Crippen LogP contribution in [0.15, 0.2) is 24.3 Å². The van der Waals surface area contributed by atoms with E-state index in [1.807, 2.05) is 52.0 Å². The Morgan fingerprint density at radius 2 is 2.05 bits per heavy atom. The highest BCUT2D eigenvalue weighted by Gasteiger charge is 2.13. The third kappa shape index (κ3) is 7.03. The van der Waals surface area contributed by atoms with Crippen molar-refractivity contribution in [1.29, 1.82) is 0 Å². The lowest BCUT2D eigenvalue weighted by atomic mass is 10.2. The van der Waals surface area contributed by atoms with E-state index in [2.05, 4.69) is 5.32 Å². The Labute approximate surface area is 115 Å². The number of benzene rings is 1. The van der Waals surface area contributed by atoms with Crippen LogP contribution in [-0.4, -0.2) is 36.6 Å².